The topological polar surface area (TPSA) is 65.6 Å². The lowest BCUT2D eigenvalue weighted by molar-refractivity contribution is -0.274. The number of pyridine rings is 1. The Kier molecular flexibility index (Phi) is 5.42. The third kappa shape index (κ3) is 4.28. The van der Waals surface area contributed by atoms with Crippen molar-refractivity contribution >= 4 is 16.5 Å². The number of aliphatic hydroxyl groups is 1. The summed E-state index contributed by atoms with van der Waals surface area (Å²) in [6.45, 7) is 1.79. The first-order chi connectivity index (χ1) is 14.3. The van der Waals surface area contributed by atoms with Crippen molar-refractivity contribution < 1.29 is 23.0 Å². The molecule has 1 aliphatic heterocycles. The van der Waals surface area contributed by atoms with Crippen LogP contribution >= 0.6 is 0 Å². The molecule has 0 amide bonds. The van der Waals surface area contributed by atoms with Gasteiger partial charge in [-0.1, -0.05) is 18.2 Å². The molecule has 2 aromatic carbocycles. The van der Waals surface area contributed by atoms with E-state index < -0.39 is 6.36 Å². The lowest BCUT2D eigenvalue weighted by Gasteiger charge is -2.33. The van der Waals surface area contributed by atoms with Gasteiger partial charge in [-0.3, -0.25) is 4.79 Å². The van der Waals surface area contributed by atoms with Gasteiger partial charge in [-0.15, -0.1) is 13.2 Å². The number of H-pyrrole nitrogens is 1. The molecule has 158 valence electrons. The van der Waals surface area contributed by atoms with Crippen molar-refractivity contribution in [3.63, 3.8) is 0 Å². The van der Waals surface area contributed by atoms with E-state index >= 15 is 0 Å². The SMILES string of the molecule is O=c1[nH]c(-c2ccccc2OC(F)(F)F)cc2ccc(N3CCC(CO)CC3)cc12. The Morgan fingerprint density at radius 3 is 2.53 bits per heavy atom. The van der Waals surface area contributed by atoms with Crippen LogP contribution in [0.5, 0.6) is 5.75 Å². The number of anilines is 1. The van der Waals surface area contributed by atoms with Gasteiger partial charge < -0.3 is 19.7 Å². The van der Waals surface area contributed by atoms with Crippen LogP contribution in [0.15, 0.2) is 53.3 Å². The van der Waals surface area contributed by atoms with E-state index in [2.05, 4.69) is 14.6 Å². The molecule has 1 aromatic heterocycles. The maximum atomic E-state index is 12.7. The Bertz CT molecular complexity index is 1100. The van der Waals surface area contributed by atoms with Crippen LogP contribution in [0.3, 0.4) is 0 Å². The molecule has 2 N–H and O–H groups in total. The largest absolute Gasteiger partial charge is 0.573 e. The van der Waals surface area contributed by atoms with E-state index in [1.54, 1.807) is 24.3 Å². The lowest BCUT2D eigenvalue weighted by atomic mass is 9.97. The van der Waals surface area contributed by atoms with Crippen molar-refractivity contribution in [2.24, 2.45) is 5.92 Å². The average Bonchev–Trinajstić information content (AvgIpc) is 2.73. The minimum Gasteiger partial charge on any atom is -0.405 e. The van der Waals surface area contributed by atoms with Crippen LogP contribution in [0.4, 0.5) is 18.9 Å². The zero-order valence-electron chi connectivity index (χ0n) is 16.1. The summed E-state index contributed by atoms with van der Waals surface area (Å²) in [5.41, 5.74) is 0.946. The molecular formula is C22H21F3N2O3. The molecule has 0 atom stereocenters. The third-order valence-electron chi connectivity index (χ3n) is 5.47. The van der Waals surface area contributed by atoms with Gasteiger partial charge in [-0.05, 0) is 54.5 Å². The highest BCUT2D eigenvalue weighted by molar-refractivity contribution is 5.88. The second kappa shape index (κ2) is 8.02. The first-order valence-electron chi connectivity index (χ1n) is 9.72. The molecule has 0 unspecified atom stereocenters. The number of aromatic nitrogens is 1. The lowest BCUT2D eigenvalue weighted by Crippen LogP contribution is -2.34. The second-order valence-electron chi connectivity index (χ2n) is 7.44. The van der Waals surface area contributed by atoms with Gasteiger partial charge in [0.05, 0.1) is 5.69 Å². The van der Waals surface area contributed by atoms with Gasteiger partial charge >= 0.3 is 6.36 Å². The Morgan fingerprint density at radius 2 is 1.83 bits per heavy atom. The van der Waals surface area contributed by atoms with Crippen molar-refractivity contribution in [1.29, 1.82) is 0 Å². The van der Waals surface area contributed by atoms with E-state index in [0.29, 0.717) is 16.7 Å². The minimum atomic E-state index is -4.83. The highest BCUT2D eigenvalue weighted by atomic mass is 19.4. The van der Waals surface area contributed by atoms with E-state index in [0.717, 1.165) is 31.6 Å². The van der Waals surface area contributed by atoms with Gasteiger partial charge in [0.1, 0.15) is 5.75 Å². The maximum absolute atomic E-state index is 12.7. The van der Waals surface area contributed by atoms with Crippen molar-refractivity contribution in [3.05, 3.63) is 58.9 Å². The summed E-state index contributed by atoms with van der Waals surface area (Å²) in [6.07, 6.45) is -3.05. The summed E-state index contributed by atoms with van der Waals surface area (Å²) in [5.74, 6) is -0.0602. The number of benzene rings is 2. The molecule has 1 fully saturated rings. The number of aromatic amines is 1. The van der Waals surface area contributed by atoms with Crippen LogP contribution in [-0.4, -0.2) is 36.1 Å². The number of alkyl halides is 3. The minimum absolute atomic E-state index is 0.156. The van der Waals surface area contributed by atoms with Crippen molar-refractivity contribution in [3.8, 4) is 17.0 Å². The first-order valence-corrected chi connectivity index (χ1v) is 9.72. The number of nitrogens with zero attached hydrogens (tertiary/aromatic N) is 1. The molecule has 5 nitrogen and oxygen atoms in total. The van der Waals surface area contributed by atoms with E-state index in [1.807, 2.05) is 6.07 Å². The number of para-hydroxylation sites is 1. The van der Waals surface area contributed by atoms with Crippen molar-refractivity contribution in [2.45, 2.75) is 19.2 Å². The Balaban J connectivity index is 1.69. The van der Waals surface area contributed by atoms with Crippen LogP contribution in [0.25, 0.3) is 22.0 Å². The fraction of sp³-hybridized carbons (Fsp3) is 0.318. The monoisotopic (exact) mass is 418 g/mol. The molecule has 3 aromatic rings. The Morgan fingerprint density at radius 1 is 1.10 bits per heavy atom. The summed E-state index contributed by atoms with van der Waals surface area (Å²) >= 11 is 0. The summed E-state index contributed by atoms with van der Waals surface area (Å²) in [6, 6.07) is 12.9. The average molecular weight is 418 g/mol. The van der Waals surface area contributed by atoms with E-state index in [-0.39, 0.29) is 29.2 Å². The molecule has 1 aliphatic rings. The molecular weight excluding hydrogens is 397 g/mol. The first kappa shape index (κ1) is 20.3. The fourth-order valence-corrected chi connectivity index (χ4v) is 3.87. The predicted octanol–water partition coefficient (Wildman–Crippen LogP) is 4.30. The summed E-state index contributed by atoms with van der Waals surface area (Å²) in [7, 11) is 0. The molecule has 0 bridgehead atoms. The highest BCUT2D eigenvalue weighted by Crippen LogP contribution is 2.34. The molecule has 0 saturated carbocycles. The number of hydrogen-bond donors (Lipinski definition) is 2. The van der Waals surface area contributed by atoms with Gasteiger partial charge in [0.15, 0.2) is 0 Å². The number of halogens is 3. The van der Waals surface area contributed by atoms with Gasteiger partial charge in [0.25, 0.3) is 5.56 Å². The number of piperidine rings is 1. The predicted molar refractivity (Wildman–Crippen MR) is 109 cm³/mol. The van der Waals surface area contributed by atoms with Crippen LogP contribution in [0.2, 0.25) is 0 Å². The Labute approximate surface area is 170 Å². The molecule has 0 spiro atoms. The number of fused-ring (bicyclic) bond motifs is 1. The quantitative estimate of drug-likeness (QED) is 0.663. The number of nitrogens with one attached hydrogen (secondary N) is 1. The Hall–Kier alpha value is -3.00. The van der Waals surface area contributed by atoms with Crippen LogP contribution in [0, 0.1) is 5.92 Å². The molecule has 8 heteroatoms. The molecule has 0 aliphatic carbocycles. The zero-order chi connectivity index (χ0) is 21.3. The normalized spacial score (nSPS) is 15.5. The van der Waals surface area contributed by atoms with Crippen molar-refractivity contribution in [2.75, 3.05) is 24.6 Å². The van der Waals surface area contributed by atoms with E-state index in [9.17, 15) is 23.1 Å². The van der Waals surface area contributed by atoms with Crippen molar-refractivity contribution in [1.82, 2.24) is 4.98 Å². The zero-order valence-corrected chi connectivity index (χ0v) is 16.1. The van der Waals surface area contributed by atoms with Crippen LogP contribution in [-0.2, 0) is 0 Å². The molecule has 30 heavy (non-hydrogen) atoms. The molecule has 1 saturated heterocycles. The summed E-state index contributed by atoms with van der Waals surface area (Å²) in [5, 5.41) is 10.4. The number of aliphatic hydroxyl groups excluding tert-OH is 1. The molecule has 2 heterocycles. The molecule has 4 rings (SSSR count). The smallest absolute Gasteiger partial charge is 0.405 e. The number of ether oxygens (including phenoxy) is 1. The summed E-state index contributed by atoms with van der Waals surface area (Å²) in [4.78, 5) is 17.6. The second-order valence-corrected chi connectivity index (χ2v) is 7.44. The molecule has 0 radical (unpaired) electrons. The van der Waals surface area contributed by atoms with Crippen LogP contribution < -0.4 is 15.2 Å². The van der Waals surface area contributed by atoms with E-state index in [1.165, 1.54) is 18.2 Å². The number of rotatable bonds is 4. The van der Waals surface area contributed by atoms with Gasteiger partial charge in [-0.2, -0.15) is 0 Å². The fourth-order valence-electron chi connectivity index (χ4n) is 3.87. The standard InChI is InChI=1S/C22H21F3N2O3/c23-22(24,25)30-20-4-2-1-3-17(20)19-11-15-5-6-16(12-18(15)21(29)26-19)27-9-7-14(13-28)8-10-27/h1-6,11-12,14,28H,7-10,13H2,(H,26,29). The highest BCUT2D eigenvalue weighted by Gasteiger charge is 2.32. The third-order valence-corrected chi connectivity index (χ3v) is 5.47. The van der Waals surface area contributed by atoms with Gasteiger partial charge in [-0.25, -0.2) is 0 Å². The summed E-state index contributed by atoms with van der Waals surface area (Å²) < 4.78 is 42.3. The van der Waals surface area contributed by atoms with Crippen LogP contribution in [0.1, 0.15) is 12.8 Å². The van der Waals surface area contributed by atoms with Gasteiger partial charge in [0, 0.05) is 36.3 Å². The van der Waals surface area contributed by atoms with E-state index in [4.69, 9.17) is 0 Å². The maximum Gasteiger partial charge on any atom is 0.573 e. The number of hydrogen-bond acceptors (Lipinski definition) is 4. The van der Waals surface area contributed by atoms with Gasteiger partial charge in [0.2, 0.25) is 0 Å².